The molecule has 3 saturated heterocycles. The number of amides is 2. The van der Waals surface area contributed by atoms with Crippen LogP contribution in [0.3, 0.4) is 0 Å². The molecule has 3 aliphatic heterocycles. The van der Waals surface area contributed by atoms with Gasteiger partial charge in [0, 0.05) is 55.4 Å². The molecule has 22 heteroatoms. The number of anilines is 1. The Morgan fingerprint density at radius 3 is 2.25 bits per heavy atom. The van der Waals surface area contributed by atoms with E-state index in [9.17, 15) is 20.0 Å². The van der Waals surface area contributed by atoms with Gasteiger partial charge in [-0.3, -0.25) is 14.5 Å². The average Bonchev–Trinajstić information content (AvgIpc) is 1.86. The number of aromatic nitrogens is 7. The van der Waals surface area contributed by atoms with Crippen LogP contribution >= 0.6 is 11.6 Å². The number of ether oxygens (including phenoxy) is 6. The van der Waals surface area contributed by atoms with Crippen LogP contribution in [-0.4, -0.2) is 157 Å². The summed E-state index contributed by atoms with van der Waals surface area (Å²) in [7, 11) is 3.83. The quantitative estimate of drug-likeness (QED) is 0.0279. The van der Waals surface area contributed by atoms with Crippen molar-refractivity contribution in [2.75, 3.05) is 65.4 Å². The Hall–Kier alpha value is -8.49. The molecule has 3 aliphatic rings. The van der Waals surface area contributed by atoms with Gasteiger partial charge in [-0.2, -0.15) is 15.3 Å². The van der Waals surface area contributed by atoms with E-state index >= 15 is 0 Å². The molecule has 0 saturated carbocycles. The van der Waals surface area contributed by atoms with Crippen molar-refractivity contribution in [3.8, 4) is 63.0 Å². The van der Waals surface area contributed by atoms with Crippen molar-refractivity contribution in [2.45, 2.75) is 103 Å². The number of hydrogen-bond acceptors (Lipinski definition) is 17. The van der Waals surface area contributed by atoms with Crippen molar-refractivity contribution in [3.63, 3.8) is 0 Å². The Kier molecular flexibility index (Phi) is 20.2. The highest BCUT2D eigenvalue weighted by molar-refractivity contribution is 6.33. The summed E-state index contributed by atoms with van der Waals surface area (Å²) >= 11 is 6.69. The van der Waals surface area contributed by atoms with Crippen LogP contribution in [0.2, 0.25) is 5.02 Å². The van der Waals surface area contributed by atoms with Crippen molar-refractivity contribution in [1.29, 1.82) is 5.26 Å². The summed E-state index contributed by atoms with van der Waals surface area (Å²) in [6.45, 7) is 13.6. The van der Waals surface area contributed by atoms with E-state index < -0.39 is 29.3 Å². The molecule has 5 unspecified atom stereocenters. The van der Waals surface area contributed by atoms with Crippen LogP contribution < -0.4 is 25.3 Å². The molecule has 21 nitrogen and oxygen atoms in total. The number of likely N-dealkylation sites (tertiary alicyclic amines) is 1. The van der Waals surface area contributed by atoms with Gasteiger partial charge in [0.15, 0.2) is 17.4 Å². The molecule has 11 rings (SSSR count). The summed E-state index contributed by atoms with van der Waals surface area (Å²) < 4.78 is 36.9. The summed E-state index contributed by atoms with van der Waals surface area (Å²) in [6, 6.07) is 37.3. The number of imidazole rings is 1. The molecule has 466 valence electrons. The number of nitrogens with zero attached hydrogens (tertiary/aromatic N) is 9. The third-order valence-electron chi connectivity index (χ3n) is 16.5. The van der Waals surface area contributed by atoms with E-state index in [1.165, 1.54) is 6.33 Å². The van der Waals surface area contributed by atoms with Gasteiger partial charge in [0.25, 0.3) is 11.9 Å². The van der Waals surface area contributed by atoms with E-state index in [2.05, 4.69) is 41.3 Å². The SMILES string of the molecule is CC(CCN(C)C(C)(C)/C=C(\C#N)C(=O)N1CCCCC1)OCCC(C)(C)C(=O)NCCOc1ccc(-c2ccc(-c3nc4nc(OC5COC6C(O)COC56)[nH]c4cc3Cl)cc2)cc1.Cn1nc(-c2ccc(Oc3ccccc3)cc2)c2c(N)ncnc21. The molecule has 0 spiro atoms. The number of fused-ring (bicyclic) bond motifs is 3. The van der Waals surface area contributed by atoms with E-state index in [0.717, 1.165) is 70.5 Å². The minimum Gasteiger partial charge on any atom is -0.492 e. The highest BCUT2D eigenvalue weighted by atomic mass is 35.5. The first-order valence-corrected chi connectivity index (χ1v) is 30.5. The number of aliphatic hydroxyl groups excluding tert-OH is 1. The summed E-state index contributed by atoms with van der Waals surface area (Å²) in [5.41, 5.74) is 12.0. The molecule has 2 amide bonds. The number of benzene rings is 4. The highest BCUT2D eigenvalue weighted by Gasteiger charge is 2.49. The first-order valence-electron chi connectivity index (χ1n) is 30.1. The van der Waals surface area contributed by atoms with Crippen molar-refractivity contribution in [2.24, 2.45) is 12.5 Å². The lowest BCUT2D eigenvalue weighted by Gasteiger charge is -2.34. The number of hydrogen-bond donors (Lipinski definition) is 4. The second-order valence-electron chi connectivity index (χ2n) is 23.8. The molecule has 0 radical (unpaired) electrons. The lowest BCUT2D eigenvalue weighted by molar-refractivity contribution is -0.130. The average molecular weight is 1230 g/mol. The maximum absolute atomic E-state index is 13.1. The van der Waals surface area contributed by atoms with Crippen molar-refractivity contribution in [3.05, 3.63) is 132 Å². The number of carbonyl (C=O) groups excluding carboxylic acids is 2. The number of nitrogens with two attached hydrogens (primary N) is 1. The first kappa shape index (κ1) is 63.5. The number of para-hydroxylation sites is 1. The van der Waals surface area contributed by atoms with Crippen LogP contribution in [0, 0.1) is 16.7 Å². The summed E-state index contributed by atoms with van der Waals surface area (Å²) in [6.07, 6.45) is 5.77. The highest BCUT2D eigenvalue weighted by Crippen LogP contribution is 2.35. The van der Waals surface area contributed by atoms with Crippen LogP contribution in [-0.2, 0) is 30.8 Å². The monoisotopic (exact) mass is 1230 g/mol. The minimum atomic E-state index is -0.663. The number of H-pyrrole nitrogens is 1. The Labute approximate surface area is 523 Å². The molecule has 7 heterocycles. The van der Waals surface area contributed by atoms with Crippen LogP contribution in [0.25, 0.3) is 55.8 Å². The Balaban J connectivity index is 0.000000301. The maximum Gasteiger partial charge on any atom is 0.296 e. The number of aromatic amines is 1. The Morgan fingerprint density at radius 2 is 1.53 bits per heavy atom. The molecule has 3 fully saturated rings. The maximum atomic E-state index is 13.1. The van der Waals surface area contributed by atoms with Crippen LogP contribution in [0.5, 0.6) is 23.3 Å². The molecule has 89 heavy (non-hydrogen) atoms. The van der Waals surface area contributed by atoms with E-state index in [1.54, 1.807) is 21.7 Å². The van der Waals surface area contributed by atoms with Gasteiger partial charge in [-0.1, -0.05) is 80.0 Å². The van der Waals surface area contributed by atoms with E-state index in [1.807, 2.05) is 152 Å². The molecule has 4 aromatic heterocycles. The summed E-state index contributed by atoms with van der Waals surface area (Å²) in [5, 5.41) is 28.6. The number of piperidine rings is 1. The number of aliphatic hydroxyl groups is 1. The standard InChI is InChI=1S/C49H62ClN7O8.C18H15N5O/c1-31(18-23-56(6)49(4,5)27-35(28-51)45(59)57-21-8-7-9-22-57)61-24-19-48(2,3)46(60)52-20-25-62-36-16-14-33(15-17-36)32-10-12-34(13-11-32)41-37(50)26-38-44(54-41)55-47(53-38)65-40-30-64-42-39(58)29-63-43(40)42;1-23-18-15(17(19)20-11-21-18)16(22-23)12-7-9-14(10-8-12)24-13-5-3-2-4-6-13/h10-17,26-27,31,39-40,42-43,58H,7-9,18-25,29-30H2,1-6H3,(H,52,60)(H,53,54,55);2-11H,1H3,(H2,19,20,21)/b35-27+;. The van der Waals surface area contributed by atoms with Gasteiger partial charge < -0.3 is 54.5 Å². The van der Waals surface area contributed by atoms with Crippen LogP contribution in [0.1, 0.15) is 66.7 Å². The van der Waals surface area contributed by atoms with Gasteiger partial charge in [0.2, 0.25) is 5.91 Å². The second-order valence-corrected chi connectivity index (χ2v) is 24.2. The van der Waals surface area contributed by atoms with Gasteiger partial charge in [-0.15, -0.1) is 0 Å². The fraction of sp³-hybridized carbons (Fsp3) is 0.403. The van der Waals surface area contributed by atoms with Gasteiger partial charge in [0.05, 0.1) is 47.5 Å². The fourth-order valence-corrected chi connectivity index (χ4v) is 11.1. The zero-order chi connectivity index (χ0) is 62.8. The summed E-state index contributed by atoms with van der Waals surface area (Å²) in [4.78, 5) is 50.7. The van der Waals surface area contributed by atoms with Crippen molar-refractivity contribution >= 4 is 51.4 Å². The number of nitrogens with one attached hydrogen (secondary N) is 2. The number of halogens is 1. The fourth-order valence-electron chi connectivity index (χ4n) is 10.8. The number of carbonyl (C=O) groups is 2. The normalized spacial score (nSPS) is 18.1. The van der Waals surface area contributed by atoms with E-state index in [4.69, 9.17) is 50.7 Å². The predicted octanol–water partition coefficient (Wildman–Crippen LogP) is 10.1. The van der Waals surface area contributed by atoms with Crippen LogP contribution in [0.4, 0.5) is 5.82 Å². The molecular weight excluding hydrogens is 1150 g/mol. The van der Waals surface area contributed by atoms with E-state index in [0.29, 0.717) is 91.5 Å². The molecule has 5 N–H and O–H groups in total. The first-order chi connectivity index (χ1) is 42.8. The molecule has 0 bridgehead atoms. The largest absolute Gasteiger partial charge is 0.492 e. The number of rotatable bonds is 22. The third kappa shape index (κ3) is 15.5. The number of nitriles is 1. The molecule has 4 aromatic carbocycles. The Bertz CT molecular complexity index is 3790. The van der Waals surface area contributed by atoms with Gasteiger partial charge in [-0.05, 0) is 132 Å². The third-order valence-corrected chi connectivity index (χ3v) is 16.8. The van der Waals surface area contributed by atoms with Gasteiger partial charge in [-0.25, -0.2) is 19.6 Å². The van der Waals surface area contributed by atoms with Crippen molar-refractivity contribution in [1.82, 2.24) is 49.8 Å². The number of nitrogen functional groups attached to an aromatic ring is 1. The van der Waals surface area contributed by atoms with E-state index in [-0.39, 0.29) is 42.2 Å². The number of aryl methyl sites for hydroxylation is 1. The smallest absolute Gasteiger partial charge is 0.296 e. The second kappa shape index (κ2) is 28.3. The minimum absolute atomic E-state index is 0.0378. The topological polar surface area (TPSA) is 263 Å². The molecule has 8 aromatic rings. The number of pyridine rings is 1. The van der Waals surface area contributed by atoms with Crippen molar-refractivity contribution < 1.29 is 43.1 Å². The van der Waals surface area contributed by atoms with Gasteiger partial charge in [0.1, 0.15) is 71.6 Å². The lowest BCUT2D eigenvalue weighted by atomic mass is 9.88. The van der Waals surface area contributed by atoms with Crippen LogP contribution in [0.15, 0.2) is 127 Å². The molecule has 0 aliphatic carbocycles. The molecular formula is C67H77ClN12O9. The number of likely N-dealkylation sites (N-methyl/N-ethyl adjacent to an activating group) is 1. The Morgan fingerprint density at radius 1 is 0.876 bits per heavy atom. The zero-order valence-corrected chi connectivity index (χ0v) is 52.1. The zero-order valence-electron chi connectivity index (χ0n) is 51.3. The lowest BCUT2D eigenvalue weighted by Crippen LogP contribution is -2.42. The summed E-state index contributed by atoms with van der Waals surface area (Å²) in [5.74, 6) is 2.44. The predicted molar refractivity (Wildman–Crippen MR) is 340 cm³/mol. The molecule has 5 atom stereocenters. The van der Waals surface area contributed by atoms with Gasteiger partial charge >= 0.3 is 0 Å².